The van der Waals surface area contributed by atoms with Gasteiger partial charge >= 0.3 is 0 Å². The zero-order valence-corrected chi connectivity index (χ0v) is 16.8. The number of hydrogen-bond acceptors (Lipinski definition) is 4. The second-order valence-corrected chi connectivity index (χ2v) is 7.12. The average molecular weight is 362 g/mol. The molecule has 0 spiro atoms. The maximum atomic E-state index is 12.7. The van der Waals surface area contributed by atoms with Gasteiger partial charge in [-0.3, -0.25) is 0 Å². The molecule has 1 unspecified atom stereocenters. The van der Waals surface area contributed by atoms with E-state index in [4.69, 9.17) is 14.9 Å². The van der Waals surface area contributed by atoms with Crippen molar-refractivity contribution in [3.05, 3.63) is 5.21 Å². The number of quaternary nitrogens is 1. The number of aliphatic hydroxyl groups is 2. The largest absolute Gasteiger partial charge is 0.631 e. The summed E-state index contributed by atoms with van der Waals surface area (Å²) in [5.74, 6) is 0. The van der Waals surface area contributed by atoms with Crippen LogP contribution in [-0.4, -0.2) is 54.0 Å². The van der Waals surface area contributed by atoms with Crippen LogP contribution in [0.2, 0.25) is 0 Å². The lowest BCUT2D eigenvalue weighted by molar-refractivity contribution is -0.929. The molecule has 0 aliphatic rings. The predicted octanol–water partition coefficient (Wildman–Crippen LogP) is 4.35. The van der Waals surface area contributed by atoms with E-state index in [1.54, 1.807) is 0 Å². The highest BCUT2D eigenvalue weighted by molar-refractivity contribution is 4.52. The Kier molecular flexibility index (Phi) is 17.1. The zero-order valence-electron chi connectivity index (χ0n) is 16.8. The van der Waals surface area contributed by atoms with E-state index in [1.165, 1.54) is 57.8 Å². The summed E-state index contributed by atoms with van der Waals surface area (Å²) in [5.41, 5.74) is 0. The second kappa shape index (κ2) is 17.2. The van der Waals surface area contributed by atoms with Crippen LogP contribution in [0, 0.1) is 5.21 Å². The van der Waals surface area contributed by atoms with Crippen LogP contribution in [0.1, 0.15) is 90.9 Å². The van der Waals surface area contributed by atoms with Gasteiger partial charge in [0.05, 0.1) is 19.8 Å². The van der Waals surface area contributed by atoms with Crippen molar-refractivity contribution in [3.63, 3.8) is 0 Å². The number of rotatable bonds is 19. The Labute approximate surface area is 155 Å². The van der Waals surface area contributed by atoms with E-state index >= 15 is 0 Å². The molecular formula is C20H43NO4. The number of aliphatic hydroxyl groups excluding tert-OH is 2. The Morgan fingerprint density at radius 3 is 1.60 bits per heavy atom. The monoisotopic (exact) mass is 361 g/mol. The summed E-state index contributed by atoms with van der Waals surface area (Å²) >= 11 is 0. The minimum absolute atomic E-state index is 0.0807. The molecule has 0 saturated carbocycles. The molecule has 0 aromatic heterocycles. The van der Waals surface area contributed by atoms with Crippen LogP contribution in [-0.2, 0) is 4.74 Å². The fraction of sp³-hybridized carbons (Fsp3) is 1.00. The molecule has 0 aromatic carbocycles. The smallest absolute Gasteiger partial charge is 0.192 e. The summed E-state index contributed by atoms with van der Waals surface area (Å²) in [4.78, 5) is 0. The van der Waals surface area contributed by atoms with Gasteiger partial charge in [-0.15, -0.1) is 0 Å². The first-order valence-corrected chi connectivity index (χ1v) is 10.6. The van der Waals surface area contributed by atoms with Gasteiger partial charge < -0.3 is 24.8 Å². The van der Waals surface area contributed by atoms with Crippen molar-refractivity contribution in [2.24, 2.45) is 0 Å². The van der Waals surface area contributed by atoms with Gasteiger partial charge in [0.25, 0.3) is 0 Å². The van der Waals surface area contributed by atoms with Crippen LogP contribution in [0.25, 0.3) is 0 Å². The highest BCUT2D eigenvalue weighted by Gasteiger charge is 2.27. The molecule has 2 N–H and O–H groups in total. The molecule has 0 heterocycles. The minimum Gasteiger partial charge on any atom is -0.631 e. The number of unbranched alkanes of at least 4 members (excludes halogenated alkanes) is 10. The molecule has 25 heavy (non-hydrogen) atoms. The topological polar surface area (TPSA) is 72.8 Å². The molecule has 152 valence electrons. The van der Waals surface area contributed by atoms with Crippen LogP contribution in [0.3, 0.4) is 0 Å². The van der Waals surface area contributed by atoms with Crippen molar-refractivity contribution in [2.75, 3.05) is 32.9 Å². The normalized spacial score (nSPS) is 13.3. The Balaban J connectivity index is 3.67. The van der Waals surface area contributed by atoms with Gasteiger partial charge in [-0.2, -0.15) is 0 Å². The standard InChI is InChI=1S/C20H43NO4/c1-3-5-6-7-8-9-10-11-12-13-14-19-25-20(4-2)21(24,15-17-22)16-18-23/h20,22-23H,3-19H2,1-2H3. The average Bonchev–Trinajstić information content (AvgIpc) is 2.59. The number of nitrogens with zero attached hydrogens (tertiary/aromatic N) is 1. The lowest BCUT2D eigenvalue weighted by Gasteiger charge is -2.47. The van der Waals surface area contributed by atoms with Crippen LogP contribution in [0.5, 0.6) is 0 Å². The first-order valence-electron chi connectivity index (χ1n) is 10.6. The number of hydrogen-bond donors (Lipinski definition) is 2. The summed E-state index contributed by atoms with van der Waals surface area (Å²) in [6.45, 7) is 4.57. The van der Waals surface area contributed by atoms with E-state index in [9.17, 15) is 5.21 Å². The summed E-state index contributed by atoms with van der Waals surface area (Å²) in [7, 11) is 0. The van der Waals surface area contributed by atoms with Crippen LogP contribution >= 0.6 is 0 Å². The molecule has 0 aliphatic heterocycles. The first-order chi connectivity index (χ1) is 12.1. The van der Waals surface area contributed by atoms with E-state index in [0.29, 0.717) is 13.0 Å². The number of hydroxylamine groups is 3. The zero-order chi connectivity index (χ0) is 18.8. The molecule has 0 aliphatic carbocycles. The summed E-state index contributed by atoms with van der Waals surface area (Å²) < 4.78 is 5.13. The maximum Gasteiger partial charge on any atom is 0.192 e. The second-order valence-electron chi connectivity index (χ2n) is 7.12. The fourth-order valence-corrected chi connectivity index (χ4v) is 3.31. The molecular weight excluding hydrogens is 318 g/mol. The third-order valence-corrected chi connectivity index (χ3v) is 4.89. The summed E-state index contributed by atoms with van der Waals surface area (Å²) in [6, 6.07) is 0. The Bertz CT molecular complexity index is 270. The molecule has 0 amide bonds. The molecule has 5 heteroatoms. The Hall–Kier alpha value is -0.200. The predicted molar refractivity (Wildman–Crippen MR) is 104 cm³/mol. The molecule has 0 saturated heterocycles. The summed E-state index contributed by atoms with van der Waals surface area (Å²) in [6.07, 6.45) is 14.3. The number of ether oxygens (including phenoxy) is 1. The third kappa shape index (κ3) is 12.7. The van der Waals surface area contributed by atoms with Crippen LogP contribution in [0.4, 0.5) is 0 Å². The van der Waals surface area contributed by atoms with Crippen LogP contribution in [0.15, 0.2) is 0 Å². The molecule has 0 radical (unpaired) electrons. The molecule has 5 nitrogen and oxygen atoms in total. The van der Waals surface area contributed by atoms with Gasteiger partial charge in [-0.1, -0.05) is 78.1 Å². The minimum atomic E-state index is -0.651. The highest BCUT2D eigenvalue weighted by atomic mass is 16.6. The van der Waals surface area contributed by atoms with E-state index in [-0.39, 0.29) is 26.3 Å². The van der Waals surface area contributed by atoms with Gasteiger partial charge in [-0.25, -0.2) is 0 Å². The molecule has 0 fully saturated rings. The summed E-state index contributed by atoms with van der Waals surface area (Å²) in [5, 5.41) is 30.8. The quantitative estimate of drug-likeness (QED) is 0.155. The fourth-order valence-electron chi connectivity index (χ4n) is 3.31. The van der Waals surface area contributed by atoms with E-state index < -0.39 is 10.9 Å². The van der Waals surface area contributed by atoms with Gasteiger partial charge in [0.1, 0.15) is 13.1 Å². The van der Waals surface area contributed by atoms with Crippen molar-refractivity contribution in [2.45, 2.75) is 97.1 Å². The van der Waals surface area contributed by atoms with Crippen molar-refractivity contribution in [3.8, 4) is 0 Å². The molecule has 0 rings (SSSR count). The van der Waals surface area contributed by atoms with Crippen LogP contribution < -0.4 is 0 Å². The SMILES string of the molecule is CCCCCCCCCCCCCOC(CC)[N+]([O-])(CCO)CCO. The van der Waals surface area contributed by atoms with E-state index in [2.05, 4.69) is 6.92 Å². The van der Waals surface area contributed by atoms with Gasteiger partial charge in [0.15, 0.2) is 6.23 Å². The van der Waals surface area contributed by atoms with Crippen molar-refractivity contribution in [1.29, 1.82) is 0 Å². The lowest BCUT2D eigenvalue weighted by Crippen LogP contribution is -2.54. The van der Waals surface area contributed by atoms with Crippen molar-refractivity contribution >= 4 is 0 Å². The maximum absolute atomic E-state index is 12.7. The van der Waals surface area contributed by atoms with E-state index in [0.717, 1.165) is 12.8 Å². The van der Waals surface area contributed by atoms with E-state index in [1.807, 2.05) is 6.92 Å². The third-order valence-electron chi connectivity index (χ3n) is 4.89. The van der Waals surface area contributed by atoms with Gasteiger partial charge in [-0.05, 0) is 6.42 Å². The van der Waals surface area contributed by atoms with Gasteiger partial charge in [0.2, 0.25) is 0 Å². The molecule has 0 bridgehead atoms. The van der Waals surface area contributed by atoms with Gasteiger partial charge in [0, 0.05) is 6.42 Å². The first kappa shape index (κ1) is 24.8. The van der Waals surface area contributed by atoms with Crippen molar-refractivity contribution in [1.82, 2.24) is 0 Å². The lowest BCUT2D eigenvalue weighted by atomic mass is 10.1. The molecule has 0 aromatic rings. The Morgan fingerprint density at radius 2 is 1.20 bits per heavy atom. The highest BCUT2D eigenvalue weighted by Crippen LogP contribution is 2.17. The molecule has 1 atom stereocenters. The van der Waals surface area contributed by atoms with Crippen molar-refractivity contribution < 1.29 is 19.6 Å². The Morgan fingerprint density at radius 1 is 0.760 bits per heavy atom.